The van der Waals surface area contributed by atoms with E-state index >= 15 is 0 Å². The number of nitrogens with one attached hydrogen (secondary N) is 1. The van der Waals surface area contributed by atoms with Gasteiger partial charge in [-0.3, -0.25) is 9.48 Å². The lowest BCUT2D eigenvalue weighted by atomic mass is 10.1. The largest absolute Gasteiger partial charge is 0.471 e. The summed E-state index contributed by atoms with van der Waals surface area (Å²) in [4.78, 5) is 12.2. The smallest absolute Gasteiger partial charge is 0.277 e. The normalized spacial score (nSPS) is 10.3. The zero-order valence-electron chi connectivity index (χ0n) is 14.5. The number of nitrogens with zero attached hydrogens (tertiary/aromatic N) is 5. The molecule has 2 heterocycles. The monoisotopic (exact) mass is 350 g/mol. The first-order valence-corrected chi connectivity index (χ1v) is 8.00. The number of benzene rings is 1. The van der Waals surface area contributed by atoms with E-state index in [4.69, 9.17) is 10.00 Å². The van der Waals surface area contributed by atoms with E-state index in [1.54, 1.807) is 29.2 Å². The van der Waals surface area contributed by atoms with Crippen molar-refractivity contribution in [2.45, 2.75) is 27.1 Å². The van der Waals surface area contributed by atoms with Gasteiger partial charge in [-0.2, -0.15) is 15.5 Å². The molecule has 1 aromatic carbocycles. The second-order valence-electron chi connectivity index (χ2n) is 5.79. The molecule has 3 aromatic rings. The standard InChI is InChI=1S/C18H18N6O2/c1-13-3-4-14(2)16(11-13)26-12-24-8-5-15(21-24)18(25)20-17-6-9-23(22-17)10-7-19/h3-6,8-9,11H,10,12H2,1-2H3,(H,20,22,25). The minimum atomic E-state index is -0.377. The Morgan fingerprint density at radius 2 is 2.00 bits per heavy atom. The first kappa shape index (κ1) is 17.2. The lowest BCUT2D eigenvalue weighted by molar-refractivity contribution is 0.101. The highest BCUT2D eigenvalue weighted by Crippen LogP contribution is 2.19. The summed E-state index contributed by atoms with van der Waals surface area (Å²) in [5.74, 6) is 0.777. The van der Waals surface area contributed by atoms with Gasteiger partial charge in [-0.15, -0.1) is 0 Å². The highest BCUT2D eigenvalue weighted by Gasteiger charge is 2.12. The molecule has 8 nitrogen and oxygen atoms in total. The Morgan fingerprint density at radius 3 is 2.81 bits per heavy atom. The number of ether oxygens (including phenoxy) is 1. The van der Waals surface area contributed by atoms with Crippen LogP contribution in [0.15, 0.2) is 42.7 Å². The predicted molar refractivity (Wildman–Crippen MR) is 94.6 cm³/mol. The second kappa shape index (κ2) is 7.53. The number of hydrogen-bond donors (Lipinski definition) is 1. The molecule has 0 radical (unpaired) electrons. The van der Waals surface area contributed by atoms with Crippen LogP contribution in [0.2, 0.25) is 0 Å². The molecular formula is C18H18N6O2. The van der Waals surface area contributed by atoms with E-state index in [2.05, 4.69) is 15.5 Å². The van der Waals surface area contributed by atoms with Gasteiger partial charge in [0, 0.05) is 18.5 Å². The van der Waals surface area contributed by atoms with Crippen LogP contribution < -0.4 is 10.1 Å². The van der Waals surface area contributed by atoms with E-state index in [0.29, 0.717) is 5.82 Å². The Balaban J connectivity index is 1.60. The van der Waals surface area contributed by atoms with Crippen LogP contribution in [0.25, 0.3) is 0 Å². The Kier molecular flexibility index (Phi) is 4.99. The fraction of sp³-hybridized carbons (Fsp3) is 0.222. The number of aromatic nitrogens is 4. The molecule has 0 unspecified atom stereocenters. The maximum Gasteiger partial charge on any atom is 0.277 e. The summed E-state index contributed by atoms with van der Waals surface area (Å²) in [5, 5.41) is 19.6. The van der Waals surface area contributed by atoms with Gasteiger partial charge < -0.3 is 10.1 Å². The van der Waals surface area contributed by atoms with Gasteiger partial charge in [0.2, 0.25) is 0 Å². The van der Waals surface area contributed by atoms with Crippen molar-refractivity contribution in [1.82, 2.24) is 19.6 Å². The molecular weight excluding hydrogens is 332 g/mol. The summed E-state index contributed by atoms with van der Waals surface area (Å²) in [5.41, 5.74) is 2.40. The molecule has 26 heavy (non-hydrogen) atoms. The van der Waals surface area contributed by atoms with Crippen LogP contribution in [0.4, 0.5) is 5.82 Å². The minimum absolute atomic E-state index is 0.125. The second-order valence-corrected chi connectivity index (χ2v) is 5.79. The van der Waals surface area contributed by atoms with E-state index in [1.165, 1.54) is 4.68 Å². The zero-order valence-corrected chi connectivity index (χ0v) is 14.5. The molecule has 0 saturated heterocycles. The molecule has 1 amide bonds. The fourth-order valence-electron chi connectivity index (χ4n) is 2.32. The van der Waals surface area contributed by atoms with Crippen molar-refractivity contribution in [2.75, 3.05) is 5.32 Å². The number of nitriles is 1. The SMILES string of the molecule is Cc1ccc(C)c(OCn2ccc(C(=O)Nc3ccn(CC#N)n3)n2)c1. The van der Waals surface area contributed by atoms with Crippen LogP contribution >= 0.6 is 0 Å². The van der Waals surface area contributed by atoms with Crippen molar-refractivity contribution >= 4 is 11.7 Å². The van der Waals surface area contributed by atoms with Crippen molar-refractivity contribution < 1.29 is 9.53 Å². The quantitative estimate of drug-likeness (QED) is 0.736. The third kappa shape index (κ3) is 4.08. The number of rotatable bonds is 6. The average Bonchev–Trinajstić information content (AvgIpc) is 3.26. The first-order chi connectivity index (χ1) is 12.5. The Bertz CT molecular complexity index is 966. The Labute approximate surface area is 150 Å². The minimum Gasteiger partial charge on any atom is -0.471 e. The molecule has 132 valence electrons. The summed E-state index contributed by atoms with van der Waals surface area (Å²) < 4.78 is 8.75. The van der Waals surface area contributed by atoms with E-state index in [1.807, 2.05) is 38.1 Å². The van der Waals surface area contributed by atoms with E-state index < -0.39 is 0 Å². The van der Waals surface area contributed by atoms with Gasteiger partial charge >= 0.3 is 0 Å². The number of aryl methyl sites for hydroxylation is 2. The lowest BCUT2D eigenvalue weighted by Crippen LogP contribution is -2.15. The molecule has 0 atom stereocenters. The van der Waals surface area contributed by atoms with Crippen molar-refractivity contribution in [2.24, 2.45) is 0 Å². The number of carbonyl (C=O) groups excluding carboxylic acids is 1. The van der Waals surface area contributed by atoms with Crippen LogP contribution in [-0.2, 0) is 13.3 Å². The molecule has 0 aliphatic carbocycles. The molecule has 0 aliphatic rings. The number of amides is 1. The molecule has 0 saturated carbocycles. The van der Waals surface area contributed by atoms with E-state index in [9.17, 15) is 4.79 Å². The van der Waals surface area contributed by atoms with Gasteiger partial charge in [0.1, 0.15) is 12.3 Å². The molecule has 8 heteroatoms. The van der Waals surface area contributed by atoms with Gasteiger partial charge in [0.25, 0.3) is 5.91 Å². The third-order valence-electron chi connectivity index (χ3n) is 3.68. The highest BCUT2D eigenvalue weighted by atomic mass is 16.5. The Morgan fingerprint density at radius 1 is 1.19 bits per heavy atom. The summed E-state index contributed by atoms with van der Waals surface area (Å²) in [7, 11) is 0. The molecule has 0 spiro atoms. The Hall–Kier alpha value is -3.60. The molecule has 0 aliphatic heterocycles. The van der Waals surface area contributed by atoms with Gasteiger partial charge in [-0.1, -0.05) is 12.1 Å². The van der Waals surface area contributed by atoms with Crippen LogP contribution in [0, 0.1) is 25.2 Å². The molecule has 0 fully saturated rings. The molecule has 3 rings (SSSR count). The van der Waals surface area contributed by atoms with Crippen molar-refractivity contribution in [3.8, 4) is 11.8 Å². The number of hydrogen-bond acceptors (Lipinski definition) is 5. The first-order valence-electron chi connectivity index (χ1n) is 8.00. The zero-order chi connectivity index (χ0) is 18.5. The summed E-state index contributed by atoms with van der Waals surface area (Å²) in [6, 6.07) is 11.2. The fourth-order valence-corrected chi connectivity index (χ4v) is 2.32. The maximum atomic E-state index is 12.2. The van der Waals surface area contributed by atoms with Crippen molar-refractivity contribution in [3.05, 3.63) is 59.5 Å². The van der Waals surface area contributed by atoms with E-state index in [-0.39, 0.29) is 24.9 Å². The van der Waals surface area contributed by atoms with Crippen LogP contribution in [0.3, 0.4) is 0 Å². The highest BCUT2D eigenvalue weighted by molar-refractivity contribution is 6.02. The van der Waals surface area contributed by atoms with Crippen LogP contribution in [0.1, 0.15) is 21.6 Å². The predicted octanol–water partition coefficient (Wildman–Crippen LogP) is 2.51. The number of carbonyl (C=O) groups is 1. The third-order valence-corrected chi connectivity index (χ3v) is 3.68. The van der Waals surface area contributed by atoms with Gasteiger partial charge in [0.15, 0.2) is 18.2 Å². The summed E-state index contributed by atoms with van der Waals surface area (Å²) >= 11 is 0. The van der Waals surface area contributed by atoms with Crippen molar-refractivity contribution in [1.29, 1.82) is 5.26 Å². The number of anilines is 1. The summed E-state index contributed by atoms with van der Waals surface area (Å²) in [6.07, 6.45) is 3.30. The lowest BCUT2D eigenvalue weighted by Gasteiger charge is -2.09. The van der Waals surface area contributed by atoms with Crippen LogP contribution in [-0.4, -0.2) is 25.5 Å². The van der Waals surface area contributed by atoms with E-state index in [0.717, 1.165) is 16.9 Å². The van der Waals surface area contributed by atoms with Gasteiger partial charge in [-0.25, -0.2) is 4.68 Å². The van der Waals surface area contributed by atoms with Gasteiger partial charge in [-0.05, 0) is 37.1 Å². The topological polar surface area (TPSA) is 97.8 Å². The van der Waals surface area contributed by atoms with Crippen LogP contribution in [0.5, 0.6) is 5.75 Å². The average molecular weight is 350 g/mol. The molecule has 1 N–H and O–H groups in total. The van der Waals surface area contributed by atoms with Gasteiger partial charge in [0.05, 0.1) is 6.07 Å². The van der Waals surface area contributed by atoms with Crippen molar-refractivity contribution in [3.63, 3.8) is 0 Å². The summed E-state index contributed by atoms with van der Waals surface area (Å²) in [6.45, 7) is 4.30. The maximum absolute atomic E-state index is 12.2. The molecule has 2 aromatic heterocycles. The molecule has 0 bridgehead atoms.